The molecule has 0 aliphatic carbocycles. The largest absolute Gasteiger partial charge is 0.480 e. The van der Waals surface area contributed by atoms with Crippen LogP contribution in [0.4, 0.5) is 14.5 Å². The highest BCUT2D eigenvalue weighted by atomic mass is 19.1. The van der Waals surface area contributed by atoms with Gasteiger partial charge >= 0.3 is 5.97 Å². The van der Waals surface area contributed by atoms with Crippen LogP contribution in [0.1, 0.15) is 15.9 Å². The van der Waals surface area contributed by atoms with Gasteiger partial charge in [0.15, 0.2) is 0 Å². The van der Waals surface area contributed by atoms with E-state index >= 15 is 0 Å². The number of carbonyl (C=O) groups is 2. The van der Waals surface area contributed by atoms with Gasteiger partial charge in [-0.25, -0.2) is 13.6 Å². The average Bonchev–Trinajstić information content (AvgIpc) is 2.68. The van der Waals surface area contributed by atoms with Gasteiger partial charge in [0, 0.05) is 30.8 Å². The van der Waals surface area contributed by atoms with Crippen LogP contribution in [0.25, 0.3) is 0 Å². The summed E-state index contributed by atoms with van der Waals surface area (Å²) >= 11 is 0. The lowest BCUT2D eigenvalue weighted by molar-refractivity contribution is -0.139. The maximum Gasteiger partial charge on any atom is 0.326 e. The van der Waals surface area contributed by atoms with Crippen molar-refractivity contribution in [1.29, 1.82) is 0 Å². The monoisotopic (exact) mass is 376 g/mol. The first-order chi connectivity index (χ1) is 13.0. The van der Waals surface area contributed by atoms with Crippen molar-refractivity contribution < 1.29 is 23.5 Å². The molecule has 1 atom stereocenters. The molecule has 0 heterocycles. The summed E-state index contributed by atoms with van der Waals surface area (Å²) in [5, 5.41) is 11.9. The van der Waals surface area contributed by atoms with Crippen LogP contribution < -0.4 is 10.2 Å². The Morgan fingerprint density at radius 2 is 1.56 bits per heavy atom. The second kappa shape index (κ2) is 10.3. The van der Waals surface area contributed by atoms with Gasteiger partial charge in [-0.2, -0.15) is 0 Å². The van der Waals surface area contributed by atoms with E-state index in [0.717, 1.165) is 0 Å². The van der Waals surface area contributed by atoms with Crippen LogP contribution in [-0.2, 0) is 11.2 Å². The number of halogens is 2. The van der Waals surface area contributed by atoms with Gasteiger partial charge in [0.25, 0.3) is 5.91 Å². The molecule has 144 valence electrons. The van der Waals surface area contributed by atoms with E-state index < -0.39 is 31.3 Å². The maximum absolute atomic E-state index is 12.6. The van der Waals surface area contributed by atoms with E-state index in [1.165, 1.54) is 0 Å². The number of alkyl halides is 2. The number of amides is 1. The second-order valence-corrected chi connectivity index (χ2v) is 5.97. The summed E-state index contributed by atoms with van der Waals surface area (Å²) in [6, 6.07) is 14.1. The van der Waals surface area contributed by atoms with Crippen LogP contribution in [0.2, 0.25) is 0 Å². The molecule has 2 aromatic rings. The summed E-state index contributed by atoms with van der Waals surface area (Å²) < 4.78 is 25.2. The highest BCUT2D eigenvalue weighted by Crippen LogP contribution is 2.16. The van der Waals surface area contributed by atoms with Crippen molar-refractivity contribution in [2.75, 3.05) is 31.3 Å². The number of nitrogens with zero attached hydrogens (tertiary/aromatic N) is 1. The fourth-order valence-electron chi connectivity index (χ4n) is 2.68. The third-order valence-electron chi connectivity index (χ3n) is 4.09. The van der Waals surface area contributed by atoms with Crippen molar-refractivity contribution in [2.24, 2.45) is 0 Å². The number of aliphatic carboxylic acids is 1. The van der Waals surface area contributed by atoms with Gasteiger partial charge in [0.1, 0.15) is 19.4 Å². The van der Waals surface area contributed by atoms with Crippen LogP contribution in [0, 0.1) is 0 Å². The average molecular weight is 376 g/mol. The number of carbonyl (C=O) groups excluding carboxylic acids is 1. The summed E-state index contributed by atoms with van der Waals surface area (Å²) in [5.41, 5.74) is 1.74. The molecule has 0 saturated carbocycles. The van der Waals surface area contributed by atoms with Crippen molar-refractivity contribution in [1.82, 2.24) is 5.32 Å². The van der Waals surface area contributed by atoms with Crippen molar-refractivity contribution in [3.8, 4) is 0 Å². The molecule has 0 fully saturated rings. The lowest BCUT2D eigenvalue weighted by Gasteiger charge is -2.22. The van der Waals surface area contributed by atoms with Crippen LogP contribution in [-0.4, -0.2) is 49.5 Å². The van der Waals surface area contributed by atoms with Gasteiger partial charge < -0.3 is 15.3 Å². The van der Waals surface area contributed by atoms with Crippen LogP contribution >= 0.6 is 0 Å². The van der Waals surface area contributed by atoms with Gasteiger partial charge in [0.2, 0.25) is 0 Å². The number of benzene rings is 2. The molecule has 2 aromatic carbocycles. The minimum Gasteiger partial charge on any atom is -0.480 e. The topological polar surface area (TPSA) is 69.6 Å². The van der Waals surface area contributed by atoms with E-state index in [0.29, 0.717) is 16.8 Å². The van der Waals surface area contributed by atoms with Crippen LogP contribution in [0.3, 0.4) is 0 Å². The molecule has 2 N–H and O–H groups in total. The number of carboxylic acids is 1. The van der Waals surface area contributed by atoms with E-state index in [1.54, 1.807) is 59.5 Å². The molecular formula is C20H22F2N2O3. The highest BCUT2D eigenvalue weighted by molar-refractivity contribution is 5.96. The van der Waals surface area contributed by atoms with Gasteiger partial charge in [0.05, 0.1) is 0 Å². The normalized spacial score (nSPS) is 11.6. The molecule has 0 unspecified atom stereocenters. The van der Waals surface area contributed by atoms with Crippen molar-refractivity contribution in [3.63, 3.8) is 0 Å². The molecule has 2 rings (SSSR count). The van der Waals surface area contributed by atoms with Gasteiger partial charge in [-0.05, 0) is 29.8 Å². The lowest BCUT2D eigenvalue weighted by Crippen LogP contribution is -2.42. The summed E-state index contributed by atoms with van der Waals surface area (Å²) in [7, 11) is 0. The molecular weight excluding hydrogens is 354 g/mol. The Hall–Kier alpha value is -2.96. The SMILES string of the molecule is O=C(N[C@H](Cc1ccc(N(CCF)CCF)cc1)C(=O)O)c1ccccc1. The zero-order valence-corrected chi connectivity index (χ0v) is 14.8. The second-order valence-electron chi connectivity index (χ2n) is 5.97. The zero-order chi connectivity index (χ0) is 19.6. The van der Waals surface area contributed by atoms with E-state index in [-0.39, 0.29) is 19.5 Å². The highest BCUT2D eigenvalue weighted by Gasteiger charge is 2.21. The Morgan fingerprint density at radius 3 is 2.07 bits per heavy atom. The standard InChI is InChI=1S/C20H22F2N2O3/c21-10-12-24(13-11-22)17-8-6-15(7-9-17)14-18(20(26)27)23-19(25)16-4-2-1-3-5-16/h1-9,18H,10-14H2,(H,23,25)(H,26,27)/t18-/m1/s1. The number of rotatable bonds is 10. The molecule has 0 aromatic heterocycles. The van der Waals surface area contributed by atoms with Gasteiger partial charge in [-0.3, -0.25) is 4.79 Å². The molecule has 0 spiro atoms. The molecule has 1 amide bonds. The summed E-state index contributed by atoms with van der Waals surface area (Å²) in [4.78, 5) is 25.3. The Morgan fingerprint density at radius 1 is 0.963 bits per heavy atom. The van der Waals surface area contributed by atoms with Gasteiger partial charge in [-0.15, -0.1) is 0 Å². The first-order valence-corrected chi connectivity index (χ1v) is 8.59. The van der Waals surface area contributed by atoms with Crippen LogP contribution in [0.5, 0.6) is 0 Å². The molecule has 27 heavy (non-hydrogen) atoms. The Labute approximate surface area is 156 Å². The molecule has 0 bridgehead atoms. The predicted octanol–water partition coefficient (Wildman–Crippen LogP) is 2.86. The molecule has 0 saturated heterocycles. The van der Waals surface area contributed by atoms with E-state index in [4.69, 9.17) is 0 Å². The van der Waals surface area contributed by atoms with Crippen molar-refractivity contribution in [2.45, 2.75) is 12.5 Å². The summed E-state index contributed by atoms with van der Waals surface area (Å²) in [6.07, 6.45) is 0.0976. The molecule has 0 radical (unpaired) electrons. The van der Waals surface area contributed by atoms with Gasteiger partial charge in [-0.1, -0.05) is 30.3 Å². The van der Waals surface area contributed by atoms with Crippen molar-refractivity contribution in [3.05, 3.63) is 65.7 Å². The number of anilines is 1. The van der Waals surface area contributed by atoms with E-state index in [1.807, 2.05) is 0 Å². The first-order valence-electron chi connectivity index (χ1n) is 8.59. The zero-order valence-electron chi connectivity index (χ0n) is 14.8. The summed E-state index contributed by atoms with van der Waals surface area (Å²) in [5.74, 6) is -1.60. The van der Waals surface area contributed by atoms with E-state index in [9.17, 15) is 23.5 Å². The number of hydrogen-bond donors (Lipinski definition) is 2. The lowest BCUT2D eigenvalue weighted by atomic mass is 10.0. The first kappa shape index (κ1) is 20.4. The third kappa shape index (κ3) is 6.06. The smallest absolute Gasteiger partial charge is 0.326 e. The quantitative estimate of drug-likeness (QED) is 0.669. The fraction of sp³-hybridized carbons (Fsp3) is 0.300. The predicted molar refractivity (Wildman–Crippen MR) is 99.6 cm³/mol. The molecule has 7 heteroatoms. The number of nitrogens with one attached hydrogen (secondary N) is 1. The minimum atomic E-state index is -1.14. The Kier molecular flexibility index (Phi) is 7.73. The molecule has 0 aliphatic heterocycles. The van der Waals surface area contributed by atoms with E-state index in [2.05, 4.69) is 5.32 Å². The van der Waals surface area contributed by atoms with Crippen molar-refractivity contribution >= 4 is 17.6 Å². The fourth-order valence-corrected chi connectivity index (χ4v) is 2.68. The number of hydrogen-bond acceptors (Lipinski definition) is 3. The Balaban J connectivity index is 2.05. The third-order valence-corrected chi connectivity index (χ3v) is 4.09. The van der Waals surface area contributed by atoms with Crippen LogP contribution in [0.15, 0.2) is 54.6 Å². The minimum absolute atomic E-state index is 0.0914. The maximum atomic E-state index is 12.6. The molecule has 0 aliphatic rings. The Bertz CT molecular complexity index is 733. The molecule has 5 nitrogen and oxygen atoms in total. The summed E-state index contributed by atoms with van der Waals surface area (Å²) in [6.45, 7) is -0.995. The number of carboxylic acid groups (broad SMARTS) is 1.